The number of hydrogen-bond donors (Lipinski definition) is 0. The zero-order valence-electron chi connectivity index (χ0n) is 22.6. The van der Waals surface area contributed by atoms with Crippen molar-refractivity contribution >= 4 is 143 Å². The molecule has 0 atom stereocenters. The van der Waals surface area contributed by atoms with Crippen LogP contribution in [0.3, 0.4) is 0 Å². The molecule has 0 aliphatic carbocycles. The summed E-state index contributed by atoms with van der Waals surface area (Å²) in [6, 6.07) is 46.1. The van der Waals surface area contributed by atoms with Gasteiger partial charge in [0, 0.05) is 0 Å². The molecule has 0 bridgehead atoms. The standard InChI is InChI=1S/C36H26Se6/c1-3-37-27-17-21-29(22-18-27)39-31-13-5-9-25-11-7-15-33(35(25)31)41-42-34-16-8-12-26-10-6-14-32(36(26)34)40-30-23-19-28(20-24-30)38-4-2/h3-24H,1-2H2. The van der Waals surface area contributed by atoms with Crippen molar-refractivity contribution < 1.29 is 0 Å². The van der Waals surface area contributed by atoms with Gasteiger partial charge in [-0.1, -0.05) is 0 Å². The molecule has 0 saturated heterocycles. The molecule has 0 fully saturated rings. The molecule has 0 radical (unpaired) electrons. The molecular weight excluding hydrogens is 906 g/mol. The zero-order valence-corrected chi connectivity index (χ0v) is 32.8. The van der Waals surface area contributed by atoms with Crippen LogP contribution in [-0.4, -0.2) is 86.1 Å². The van der Waals surface area contributed by atoms with Gasteiger partial charge in [-0.15, -0.1) is 0 Å². The molecule has 0 nitrogen and oxygen atoms in total. The molecule has 0 aliphatic rings. The van der Waals surface area contributed by atoms with Gasteiger partial charge in [0.2, 0.25) is 0 Å². The van der Waals surface area contributed by atoms with E-state index in [4.69, 9.17) is 0 Å². The molecule has 6 aromatic rings. The van der Waals surface area contributed by atoms with E-state index in [9.17, 15) is 0 Å². The van der Waals surface area contributed by atoms with Crippen molar-refractivity contribution in [2.24, 2.45) is 0 Å². The summed E-state index contributed by atoms with van der Waals surface area (Å²) in [5.74, 6) is 0. The van der Waals surface area contributed by atoms with Gasteiger partial charge in [-0.3, -0.25) is 0 Å². The molecule has 0 amide bonds. The Kier molecular flexibility index (Phi) is 10.8. The van der Waals surface area contributed by atoms with Gasteiger partial charge in [0.1, 0.15) is 0 Å². The summed E-state index contributed by atoms with van der Waals surface area (Å²) >= 11 is 2.05. The first-order valence-corrected chi connectivity index (χ1v) is 26.4. The van der Waals surface area contributed by atoms with Crippen LogP contribution in [0.25, 0.3) is 21.5 Å². The van der Waals surface area contributed by atoms with Crippen LogP contribution >= 0.6 is 0 Å². The van der Waals surface area contributed by atoms with E-state index in [0.29, 0.717) is 56.2 Å². The topological polar surface area (TPSA) is 0 Å². The summed E-state index contributed by atoms with van der Waals surface area (Å²) in [6.07, 6.45) is 0. The third kappa shape index (κ3) is 7.38. The Bertz CT molecular complexity index is 1710. The molecule has 6 rings (SSSR count). The third-order valence-electron chi connectivity index (χ3n) is 6.42. The summed E-state index contributed by atoms with van der Waals surface area (Å²) in [5.41, 5.74) is 0. The Morgan fingerprint density at radius 2 is 0.714 bits per heavy atom. The van der Waals surface area contributed by atoms with E-state index in [1.165, 1.54) is 48.3 Å². The normalized spacial score (nSPS) is 11.1. The molecular formula is C36H26Se6. The van der Waals surface area contributed by atoms with Gasteiger partial charge in [0.25, 0.3) is 0 Å². The van der Waals surface area contributed by atoms with E-state index in [-0.39, 0.29) is 29.9 Å². The van der Waals surface area contributed by atoms with E-state index in [0.717, 1.165) is 0 Å². The number of benzene rings is 6. The fraction of sp³-hybridized carbons (Fsp3) is 0. The Hall–Kier alpha value is -1.56. The summed E-state index contributed by atoms with van der Waals surface area (Å²) in [4.78, 5) is 4.08. The molecule has 6 heteroatoms. The van der Waals surface area contributed by atoms with Gasteiger partial charge in [-0.05, 0) is 0 Å². The van der Waals surface area contributed by atoms with Gasteiger partial charge < -0.3 is 0 Å². The summed E-state index contributed by atoms with van der Waals surface area (Å²) in [7, 11) is 0. The van der Waals surface area contributed by atoms with Gasteiger partial charge in [-0.25, -0.2) is 0 Å². The molecule has 42 heavy (non-hydrogen) atoms. The van der Waals surface area contributed by atoms with E-state index in [2.05, 4.69) is 134 Å². The van der Waals surface area contributed by atoms with Crippen molar-refractivity contribution in [2.45, 2.75) is 0 Å². The van der Waals surface area contributed by atoms with Crippen LogP contribution in [0.15, 0.2) is 144 Å². The van der Waals surface area contributed by atoms with Crippen LogP contribution in [-0.2, 0) is 0 Å². The van der Waals surface area contributed by atoms with Crippen LogP contribution in [0.5, 0.6) is 0 Å². The van der Waals surface area contributed by atoms with Gasteiger partial charge in [-0.2, -0.15) is 0 Å². The number of fused-ring (bicyclic) bond motifs is 2. The SMILES string of the molecule is C=C[Se]c1ccc([Se]c2cccc3cccc([Se][Se]c4cccc5cccc([Se]c6ccc([Se]C=C)cc6)c45)c23)cc1. The molecule has 0 heterocycles. The predicted octanol–water partition coefficient (Wildman–Crippen LogP) is 1.52. The average molecular weight is 932 g/mol. The molecule has 0 spiro atoms. The Morgan fingerprint density at radius 3 is 1.07 bits per heavy atom. The van der Waals surface area contributed by atoms with Crippen LogP contribution in [0.1, 0.15) is 0 Å². The van der Waals surface area contributed by atoms with Crippen molar-refractivity contribution in [3.63, 3.8) is 0 Å². The second-order valence-corrected chi connectivity index (χ2v) is 24.3. The van der Waals surface area contributed by atoms with E-state index in [1.54, 1.807) is 8.92 Å². The molecule has 206 valence electrons. The van der Waals surface area contributed by atoms with Crippen LogP contribution in [0, 0.1) is 0 Å². The molecule has 0 aliphatic heterocycles. The fourth-order valence-corrected chi connectivity index (χ4v) is 18.7. The molecule has 0 saturated carbocycles. The molecule has 0 N–H and O–H groups in total. The third-order valence-corrected chi connectivity index (χ3v) is 21.1. The van der Waals surface area contributed by atoms with E-state index in [1.807, 2.05) is 9.95 Å². The summed E-state index contributed by atoms with van der Waals surface area (Å²) in [6.45, 7) is 7.82. The van der Waals surface area contributed by atoms with Crippen LogP contribution in [0.2, 0.25) is 0 Å². The minimum absolute atomic E-state index is 0.274. The Labute approximate surface area is 284 Å². The van der Waals surface area contributed by atoms with Crippen molar-refractivity contribution in [1.29, 1.82) is 0 Å². The van der Waals surface area contributed by atoms with Gasteiger partial charge in [0.15, 0.2) is 0 Å². The van der Waals surface area contributed by atoms with Gasteiger partial charge in [0.05, 0.1) is 0 Å². The quantitative estimate of drug-likeness (QED) is 0.173. The summed E-state index contributed by atoms with van der Waals surface area (Å²) < 4.78 is 11.7. The fourth-order valence-electron chi connectivity index (χ4n) is 4.56. The molecule has 6 aromatic carbocycles. The van der Waals surface area contributed by atoms with Crippen LogP contribution < -0.4 is 35.7 Å². The van der Waals surface area contributed by atoms with Gasteiger partial charge >= 0.3 is 288 Å². The first kappa shape index (κ1) is 30.5. The average Bonchev–Trinajstić information content (AvgIpc) is 3.02. The summed E-state index contributed by atoms with van der Waals surface area (Å²) in [5, 5.41) is 5.73. The van der Waals surface area contributed by atoms with Crippen molar-refractivity contribution in [2.75, 3.05) is 0 Å². The second-order valence-electron chi connectivity index (χ2n) is 9.10. The van der Waals surface area contributed by atoms with E-state index < -0.39 is 0 Å². The monoisotopic (exact) mass is 938 g/mol. The second kappa shape index (κ2) is 14.9. The van der Waals surface area contributed by atoms with Crippen molar-refractivity contribution in [3.05, 3.63) is 144 Å². The molecule has 0 unspecified atom stereocenters. The molecule has 0 aromatic heterocycles. The van der Waals surface area contributed by atoms with Crippen molar-refractivity contribution in [3.8, 4) is 0 Å². The first-order valence-electron chi connectivity index (χ1n) is 13.2. The first-order chi connectivity index (χ1) is 20.7. The maximum absolute atomic E-state index is 3.91. The van der Waals surface area contributed by atoms with Crippen molar-refractivity contribution in [1.82, 2.24) is 0 Å². The van der Waals surface area contributed by atoms with E-state index >= 15 is 0 Å². The number of hydrogen-bond acceptors (Lipinski definition) is 0. The minimum atomic E-state index is 0.274. The zero-order chi connectivity index (χ0) is 28.7. The maximum atomic E-state index is 3.91. The Morgan fingerprint density at radius 1 is 0.381 bits per heavy atom. The Balaban J connectivity index is 1.29. The predicted molar refractivity (Wildman–Crippen MR) is 193 cm³/mol. The van der Waals surface area contributed by atoms with Crippen LogP contribution in [0.4, 0.5) is 0 Å². The number of rotatable bonds is 11.